The standard InChI is InChI=1S/C14H19BrN2O3S/c1-10-8-12(5-6-13(10)15)21(19,20)16-11(2)9-17-7-3-4-14(17)18/h5-6,8,11,16H,3-4,7,9H2,1-2H3. The highest BCUT2D eigenvalue weighted by atomic mass is 79.9. The van der Waals surface area contributed by atoms with Gasteiger partial charge in [-0.15, -0.1) is 0 Å². The summed E-state index contributed by atoms with van der Waals surface area (Å²) in [6.45, 7) is 4.74. The molecule has 1 heterocycles. The van der Waals surface area contributed by atoms with Gasteiger partial charge in [0.05, 0.1) is 4.90 Å². The number of halogens is 1. The van der Waals surface area contributed by atoms with Crippen molar-refractivity contribution in [2.24, 2.45) is 0 Å². The molecule has 21 heavy (non-hydrogen) atoms. The molecule has 116 valence electrons. The van der Waals surface area contributed by atoms with E-state index in [-0.39, 0.29) is 16.8 Å². The maximum absolute atomic E-state index is 12.3. The Labute approximate surface area is 133 Å². The molecule has 0 spiro atoms. The molecule has 1 unspecified atom stereocenters. The topological polar surface area (TPSA) is 66.5 Å². The number of likely N-dealkylation sites (tertiary alicyclic amines) is 1. The summed E-state index contributed by atoms with van der Waals surface area (Å²) in [7, 11) is -3.57. The van der Waals surface area contributed by atoms with Gasteiger partial charge in [0, 0.05) is 30.0 Å². The minimum absolute atomic E-state index is 0.0977. The van der Waals surface area contributed by atoms with E-state index in [0.717, 1.165) is 16.5 Å². The minimum Gasteiger partial charge on any atom is -0.341 e. The smallest absolute Gasteiger partial charge is 0.240 e. The lowest BCUT2D eigenvalue weighted by atomic mass is 10.2. The van der Waals surface area contributed by atoms with Crippen LogP contribution in [0.15, 0.2) is 27.6 Å². The van der Waals surface area contributed by atoms with Crippen LogP contribution < -0.4 is 4.72 Å². The van der Waals surface area contributed by atoms with Crippen molar-refractivity contribution in [3.05, 3.63) is 28.2 Å². The summed E-state index contributed by atoms with van der Waals surface area (Å²) in [6, 6.07) is 4.59. The molecule has 0 radical (unpaired) electrons. The molecule has 1 aromatic carbocycles. The number of rotatable bonds is 5. The zero-order valence-corrected chi connectivity index (χ0v) is 14.5. The number of benzene rings is 1. The third-order valence-electron chi connectivity index (χ3n) is 3.46. The predicted octanol–water partition coefficient (Wildman–Crippen LogP) is 2.05. The monoisotopic (exact) mass is 374 g/mol. The van der Waals surface area contributed by atoms with Gasteiger partial charge in [0.2, 0.25) is 15.9 Å². The molecule has 0 saturated carbocycles. The van der Waals surface area contributed by atoms with E-state index in [1.54, 1.807) is 30.0 Å². The van der Waals surface area contributed by atoms with Crippen molar-refractivity contribution >= 4 is 31.9 Å². The lowest BCUT2D eigenvalue weighted by Gasteiger charge is -2.21. The van der Waals surface area contributed by atoms with Crippen molar-refractivity contribution in [2.45, 2.75) is 37.6 Å². The Kier molecular flexibility index (Phi) is 5.06. The van der Waals surface area contributed by atoms with Crippen molar-refractivity contribution in [1.82, 2.24) is 9.62 Å². The second-order valence-electron chi connectivity index (χ2n) is 5.38. The molecule has 1 aliphatic heterocycles. The lowest BCUT2D eigenvalue weighted by Crippen LogP contribution is -2.42. The van der Waals surface area contributed by atoms with E-state index in [1.807, 2.05) is 6.92 Å². The summed E-state index contributed by atoms with van der Waals surface area (Å²) in [5, 5.41) is 0. The van der Waals surface area contributed by atoms with E-state index in [2.05, 4.69) is 20.7 Å². The van der Waals surface area contributed by atoms with Crippen LogP contribution in [0.4, 0.5) is 0 Å². The molecule has 2 rings (SSSR count). The summed E-state index contributed by atoms with van der Waals surface area (Å²) >= 11 is 3.35. The molecule has 1 aliphatic rings. The molecule has 5 nitrogen and oxygen atoms in total. The van der Waals surface area contributed by atoms with Gasteiger partial charge >= 0.3 is 0 Å². The summed E-state index contributed by atoms with van der Waals surface area (Å²) in [5.41, 5.74) is 0.861. The maximum Gasteiger partial charge on any atom is 0.240 e. The number of hydrogen-bond donors (Lipinski definition) is 1. The third-order valence-corrected chi connectivity index (χ3v) is 5.94. The van der Waals surface area contributed by atoms with Crippen LogP contribution in [0, 0.1) is 6.92 Å². The van der Waals surface area contributed by atoms with Crippen molar-refractivity contribution in [1.29, 1.82) is 0 Å². The van der Waals surface area contributed by atoms with Gasteiger partial charge < -0.3 is 4.90 Å². The molecule has 0 aliphatic carbocycles. The Morgan fingerprint density at radius 1 is 1.43 bits per heavy atom. The Morgan fingerprint density at radius 3 is 2.71 bits per heavy atom. The second kappa shape index (κ2) is 6.46. The van der Waals surface area contributed by atoms with Crippen LogP contribution in [-0.2, 0) is 14.8 Å². The number of aryl methyl sites for hydroxylation is 1. The Balaban J connectivity index is 2.06. The number of nitrogens with one attached hydrogen (secondary N) is 1. The molecule has 7 heteroatoms. The van der Waals surface area contributed by atoms with Crippen LogP contribution in [-0.4, -0.2) is 38.4 Å². The van der Waals surface area contributed by atoms with E-state index >= 15 is 0 Å². The van der Waals surface area contributed by atoms with E-state index in [9.17, 15) is 13.2 Å². The number of carbonyl (C=O) groups excluding carboxylic acids is 1. The van der Waals surface area contributed by atoms with E-state index in [4.69, 9.17) is 0 Å². The first-order chi connectivity index (χ1) is 9.79. The van der Waals surface area contributed by atoms with Gasteiger partial charge in [-0.1, -0.05) is 15.9 Å². The molecule has 1 aromatic rings. The molecular formula is C14H19BrN2O3S. The molecule has 0 aromatic heterocycles. The fraction of sp³-hybridized carbons (Fsp3) is 0.500. The van der Waals surface area contributed by atoms with Crippen molar-refractivity contribution < 1.29 is 13.2 Å². The Morgan fingerprint density at radius 2 is 2.14 bits per heavy atom. The molecule has 0 bridgehead atoms. The van der Waals surface area contributed by atoms with Crippen molar-refractivity contribution in [3.8, 4) is 0 Å². The van der Waals surface area contributed by atoms with E-state index in [0.29, 0.717) is 19.5 Å². The second-order valence-corrected chi connectivity index (χ2v) is 7.94. The number of carbonyl (C=O) groups is 1. The first-order valence-corrected chi connectivity index (χ1v) is 9.13. The zero-order valence-electron chi connectivity index (χ0n) is 12.1. The van der Waals surface area contributed by atoms with E-state index < -0.39 is 10.0 Å². The SMILES string of the molecule is Cc1cc(S(=O)(=O)NC(C)CN2CCCC2=O)ccc1Br. The van der Waals surface area contributed by atoms with E-state index in [1.165, 1.54) is 0 Å². The summed E-state index contributed by atoms with van der Waals surface area (Å²) in [5.74, 6) is 0.0977. The number of amides is 1. The van der Waals surface area contributed by atoms with Crippen LogP contribution in [0.2, 0.25) is 0 Å². The highest BCUT2D eigenvalue weighted by Crippen LogP contribution is 2.20. The fourth-order valence-electron chi connectivity index (χ4n) is 2.38. The fourth-order valence-corrected chi connectivity index (χ4v) is 3.95. The highest BCUT2D eigenvalue weighted by molar-refractivity contribution is 9.10. The van der Waals surface area contributed by atoms with Gasteiger partial charge in [-0.25, -0.2) is 13.1 Å². The average molecular weight is 375 g/mol. The van der Waals surface area contributed by atoms with Crippen molar-refractivity contribution in [3.63, 3.8) is 0 Å². The van der Waals surface area contributed by atoms with Crippen LogP contribution in [0.1, 0.15) is 25.3 Å². The number of sulfonamides is 1. The van der Waals surface area contributed by atoms with Crippen molar-refractivity contribution in [2.75, 3.05) is 13.1 Å². The van der Waals surface area contributed by atoms with Crippen LogP contribution in [0.25, 0.3) is 0 Å². The molecule has 1 saturated heterocycles. The Bertz CT molecular complexity index is 646. The normalized spacial score (nSPS) is 17.3. The minimum atomic E-state index is -3.57. The Hall–Kier alpha value is -0.920. The van der Waals surface area contributed by atoms with Gasteiger partial charge in [-0.05, 0) is 44.0 Å². The quantitative estimate of drug-likeness (QED) is 0.857. The summed E-state index contributed by atoms with van der Waals surface area (Å²) in [6.07, 6.45) is 1.41. The number of nitrogens with zero attached hydrogens (tertiary/aromatic N) is 1. The lowest BCUT2D eigenvalue weighted by molar-refractivity contribution is -0.127. The summed E-state index contributed by atoms with van der Waals surface area (Å²) in [4.78, 5) is 13.5. The molecule has 1 N–H and O–H groups in total. The first-order valence-electron chi connectivity index (χ1n) is 6.86. The van der Waals surface area contributed by atoms with Gasteiger partial charge in [-0.3, -0.25) is 4.79 Å². The molecular weight excluding hydrogens is 356 g/mol. The third kappa shape index (κ3) is 4.05. The summed E-state index contributed by atoms with van der Waals surface area (Å²) < 4.78 is 28.2. The van der Waals surface area contributed by atoms with Crippen LogP contribution in [0.3, 0.4) is 0 Å². The van der Waals surface area contributed by atoms with Gasteiger partial charge in [0.15, 0.2) is 0 Å². The number of hydrogen-bond acceptors (Lipinski definition) is 3. The average Bonchev–Trinajstić information content (AvgIpc) is 2.77. The predicted molar refractivity (Wildman–Crippen MR) is 84.5 cm³/mol. The van der Waals surface area contributed by atoms with Gasteiger partial charge in [0.25, 0.3) is 0 Å². The largest absolute Gasteiger partial charge is 0.341 e. The molecule has 1 amide bonds. The highest BCUT2D eigenvalue weighted by Gasteiger charge is 2.24. The molecule has 1 fully saturated rings. The van der Waals surface area contributed by atoms with Crippen LogP contribution >= 0.6 is 15.9 Å². The van der Waals surface area contributed by atoms with Gasteiger partial charge in [-0.2, -0.15) is 0 Å². The maximum atomic E-state index is 12.3. The zero-order chi connectivity index (χ0) is 15.6. The van der Waals surface area contributed by atoms with Gasteiger partial charge in [0.1, 0.15) is 0 Å². The first kappa shape index (κ1) is 16.5. The molecule has 1 atom stereocenters. The van der Waals surface area contributed by atoms with Crippen LogP contribution in [0.5, 0.6) is 0 Å².